The van der Waals surface area contributed by atoms with E-state index < -0.39 is 11.9 Å². The van der Waals surface area contributed by atoms with E-state index in [9.17, 15) is 14.4 Å². The first-order valence-corrected chi connectivity index (χ1v) is 7.44. The molecule has 7 heteroatoms. The largest absolute Gasteiger partial charge is 0.496 e. The van der Waals surface area contributed by atoms with Crippen molar-refractivity contribution in [3.63, 3.8) is 0 Å². The van der Waals surface area contributed by atoms with Gasteiger partial charge in [0.25, 0.3) is 0 Å². The quantitative estimate of drug-likeness (QED) is 0.712. The van der Waals surface area contributed by atoms with E-state index in [0.29, 0.717) is 12.2 Å². The Kier molecular flexibility index (Phi) is 5.73. The molecule has 2 aromatic carbocycles. The molecular weight excluding hydrogens is 326 g/mol. The lowest BCUT2D eigenvalue weighted by molar-refractivity contribution is -0.116. The summed E-state index contributed by atoms with van der Waals surface area (Å²) in [7, 11) is 1.55. The van der Waals surface area contributed by atoms with Gasteiger partial charge in [-0.25, -0.2) is 9.59 Å². The summed E-state index contributed by atoms with van der Waals surface area (Å²) in [6.45, 7) is 0. The van der Waals surface area contributed by atoms with E-state index in [0.717, 1.165) is 11.6 Å². The number of carboxylic acid groups (broad SMARTS) is 2. The molecule has 0 aliphatic carbocycles. The van der Waals surface area contributed by atoms with Crippen LogP contribution in [0.3, 0.4) is 0 Å². The van der Waals surface area contributed by atoms with Crippen molar-refractivity contribution in [3.8, 4) is 5.75 Å². The highest BCUT2D eigenvalue weighted by molar-refractivity contribution is 5.98. The molecule has 0 saturated heterocycles. The summed E-state index contributed by atoms with van der Waals surface area (Å²) in [4.78, 5) is 34.3. The summed E-state index contributed by atoms with van der Waals surface area (Å²) in [5.41, 5.74) is 0.577. The van der Waals surface area contributed by atoms with Crippen LogP contribution in [0, 0.1) is 0 Å². The van der Waals surface area contributed by atoms with Crippen LogP contribution in [0.4, 0.5) is 5.69 Å². The zero-order chi connectivity index (χ0) is 18.4. The molecular formula is C18H17NO6. The van der Waals surface area contributed by atoms with Crippen LogP contribution in [0.1, 0.15) is 32.7 Å². The lowest BCUT2D eigenvalue weighted by Crippen LogP contribution is -2.14. The molecule has 7 nitrogen and oxygen atoms in total. The number of ether oxygens (including phenoxy) is 1. The molecule has 0 fully saturated rings. The molecule has 0 radical (unpaired) electrons. The Morgan fingerprint density at radius 2 is 1.60 bits per heavy atom. The molecule has 0 spiro atoms. The van der Waals surface area contributed by atoms with Crippen molar-refractivity contribution in [3.05, 3.63) is 59.2 Å². The number of hydrogen-bond donors (Lipinski definition) is 3. The highest BCUT2D eigenvalue weighted by atomic mass is 16.5. The highest BCUT2D eigenvalue weighted by Crippen LogP contribution is 2.20. The van der Waals surface area contributed by atoms with Gasteiger partial charge in [-0.15, -0.1) is 0 Å². The summed E-state index contributed by atoms with van der Waals surface area (Å²) in [6.07, 6.45) is 0.570. The standard InChI is InChI=1S/C18H17NO6/c1-25-15-5-3-2-4-11(15)6-7-16(20)19-14-9-12(17(21)22)8-13(10-14)18(23)24/h2-5,8-10H,6-7H2,1H3,(H,19,20)(H,21,22)(H,23,24). The Balaban J connectivity index is 2.09. The van der Waals surface area contributed by atoms with Crippen molar-refractivity contribution in [2.75, 3.05) is 12.4 Å². The molecule has 0 heterocycles. The van der Waals surface area contributed by atoms with Crippen LogP contribution < -0.4 is 10.1 Å². The van der Waals surface area contributed by atoms with Crippen LogP contribution in [-0.4, -0.2) is 35.2 Å². The van der Waals surface area contributed by atoms with Gasteiger partial charge in [0.05, 0.1) is 18.2 Å². The molecule has 0 atom stereocenters. The van der Waals surface area contributed by atoms with Gasteiger partial charge in [-0.2, -0.15) is 0 Å². The lowest BCUT2D eigenvalue weighted by Gasteiger charge is -2.10. The molecule has 130 valence electrons. The van der Waals surface area contributed by atoms with Gasteiger partial charge in [0.2, 0.25) is 5.91 Å². The number of hydrogen-bond acceptors (Lipinski definition) is 4. The van der Waals surface area contributed by atoms with Crippen LogP contribution in [0.15, 0.2) is 42.5 Å². The number of nitrogens with one attached hydrogen (secondary N) is 1. The van der Waals surface area contributed by atoms with Crippen LogP contribution in [0.2, 0.25) is 0 Å². The number of carboxylic acids is 2. The zero-order valence-electron chi connectivity index (χ0n) is 13.5. The second-order valence-corrected chi connectivity index (χ2v) is 5.27. The van der Waals surface area contributed by atoms with Gasteiger partial charge >= 0.3 is 11.9 Å². The first kappa shape index (κ1) is 18.0. The van der Waals surface area contributed by atoms with Gasteiger partial charge in [-0.3, -0.25) is 4.79 Å². The van der Waals surface area contributed by atoms with Crippen molar-refractivity contribution in [1.82, 2.24) is 0 Å². The van der Waals surface area contributed by atoms with Crippen LogP contribution >= 0.6 is 0 Å². The van der Waals surface area contributed by atoms with Gasteiger partial charge in [0, 0.05) is 12.1 Å². The smallest absolute Gasteiger partial charge is 0.335 e. The number of rotatable bonds is 7. The normalized spacial score (nSPS) is 10.1. The third kappa shape index (κ3) is 4.81. The van der Waals surface area contributed by atoms with Crippen LogP contribution in [-0.2, 0) is 11.2 Å². The van der Waals surface area contributed by atoms with Crippen molar-refractivity contribution in [2.24, 2.45) is 0 Å². The molecule has 0 aliphatic rings. The van der Waals surface area contributed by atoms with Gasteiger partial charge in [-0.1, -0.05) is 18.2 Å². The number of methoxy groups -OCH3 is 1. The Labute approximate surface area is 143 Å². The van der Waals surface area contributed by atoms with Crippen molar-refractivity contribution in [1.29, 1.82) is 0 Å². The molecule has 0 saturated carbocycles. The van der Waals surface area contributed by atoms with E-state index in [2.05, 4.69) is 5.32 Å². The molecule has 25 heavy (non-hydrogen) atoms. The summed E-state index contributed by atoms with van der Waals surface area (Å²) in [5, 5.41) is 20.6. The predicted molar refractivity (Wildman–Crippen MR) is 90.3 cm³/mol. The average molecular weight is 343 g/mol. The third-order valence-electron chi connectivity index (χ3n) is 3.52. The highest BCUT2D eigenvalue weighted by Gasteiger charge is 2.13. The summed E-state index contributed by atoms with van der Waals surface area (Å²) in [5.74, 6) is -2.22. The third-order valence-corrected chi connectivity index (χ3v) is 3.52. The summed E-state index contributed by atoms with van der Waals surface area (Å²) in [6, 6.07) is 10.8. The molecule has 1 amide bonds. The topological polar surface area (TPSA) is 113 Å². The summed E-state index contributed by atoms with van der Waals surface area (Å²) < 4.78 is 5.22. The average Bonchev–Trinajstić information content (AvgIpc) is 2.59. The van der Waals surface area contributed by atoms with Crippen molar-refractivity contribution >= 4 is 23.5 Å². The maximum absolute atomic E-state index is 12.1. The summed E-state index contributed by atoms with van der Waals surface area (Å²) >= 11 is 0. The number of carbonyl (C=O) groups excluding carboxylic acids is 1. The minimum atomic E-state index is -1.27. The van der Waals surface area contributed by atoms with E-state index >= 15 is 0 Å². The first-order chi connectivity index (χ1) is 11.9. The Morgan fingerprint density at radius 1 is 1.00 bits per heavy atom. The minimum Gasteiger partial charge on any atom is -0.496 e. The van der Waals surface area contributed by atoms with E-state index in [1.54, 1.807) is 13.2 Å². The fourth-order valence-electron chi connectivity index (χ4n) is 2.33. The minimum absolute atomic E-state index is 0.127. The number of aryl methyl sites for hydroxylation is 1. The van der Waals surface area contributed by atoms with Gasteiger partial charge in [0.1, 0.15) is 5.75 Å². The molecule has 2 aromatic rings. The Bertz CT molecular complexity index is 783. The first-order valence-electron chi connectivity index (χ1n) is 7.44. The molecule has 0 bridgehead atoms. The molecule has 3 N–H and O–H groups in total. The second kappa shape index (κ2) is 7.96. The number of anilines is 1. The van der Waals surface area contributed by atoms with E-state index in [1.807, 2.05) is 18.2 Å². The van der Waals surface area contributed by atoms with Crippen molar-refractivity contribution in [2.45, 2.75) is 12.8 Å². The number of carbonyl (C=O) groups is 3. The molecule has 2 rings (SSSR count). The van der Waals surface area contributed by atoms with E-state index in [4.69, 9.17) is 14.9 Å². The Morgan fingerprint density at radius 3 is 2.16 bits per heavy atom. The molecule has 0 aromatic heterocycles. The maximum Gasteiger partial charge on any atom is 0.335 e. The predicted octanol–water partition coefficient (Wildman–Crippen LogP) is 2.66. The fraction of sp³-hybridized carbons (Fsp3) is 0.167. The van der Waals surface area contributed by atoms with Gasteiger partial charge in [0.15, 0.2) is 0 Å². The monoisotopic (exact) mass is 343 g/mol. The number of para-hydroxylation sites is 1. The lowest BCUT2D eigenvalue weighted by atomic mass is 10.1. The molecule has 0 unspecified atom stereocenters. The van der Waals surface area contributed by atoms with Crippen LogP contribution in [0.25, 0.3) is 0 Å². The Hall–Kier alpha value is -3.35. The number of amides is 1. The van der Waals surface area contributed by atoms with Gasteiger partial charge in [-0.05, 0) is 36.2 Å². The van der Waals surface area contributed by atoms with Crippen molar-refractivity contribution < 1.29 is 29.3 Å². The number of benzene rings is 2. The second-order valence-electron chi connectivity index (χ2n) is 5.27. The van der Waals surface area contributed by atoms with E-state index in [1.165, 1.54) is 12.1 Å². The fourth-order valence-corrected chi connectivity index (χ4v) is 2.33. The maximum atomic E-state index is 12.1. The number of aromatic carboxylic acids is 2. The van der Waals surface area contributed by atoms with E-state index in [-0.39, 0.29) is 29.1 Å². The SMILES string of the molecule is COc1ccccc1CCC(=O)Nc1cc(C(=O)O)cc(C(=O)O)c1. The zero-order valence-corrected chi connectivity index (χ0v) is 13.5. The van der Waals surface area contributed by atoms with Crippen LogP contribution in [0.5, 0.6) is 5.75 Å². The van der Waals surface area contributed by atoms with Gasteiger partial charge < -0.3 is 20.3 Å². The molecule has 0 aliphatic heterocycles.